The van der Waals surface area contributed by atoms with Gasteiger partial charge in [-0.1, -0.05) is 82.3 Å². The summed E-state index contributed by atoms with van der Waals surface area (Å²) >= 11 is 0. The summed E-state index contributed by atoms with van der Waals surface area (Å²) in [6.07, 6.45) is 6.64. The van der Waals surface area contributed by atoms with Gasteiger partial charge in [0.2, 0.25) is 5.82 Å². The van der Waals surface area contributed by atoms with E-state index in [9.17, 15) is 13.2 Å². The Morgan fingerprint density at radius 3 is 2.11 bits per heavy atom. The largest absolute Gasteiger partial charge is 0.490 e. The van der Waals surface area contributed by atoms with Crippen LogP contribution in [-0.2, 0) is 9.47 Å². The molecule has 3 nitrogen and oxygen atoms in total. The van der Waals surface area contributed by atoms with Gasteiger partial charge in [-0.3, -0.25) is 0 Å². The first kappa shape index (κ1) is 28.2. The van der Waals surface area contributed by atoms with Crippen LogP contribution in [0.5, 0.6) is 5.75 Å². The van der Waals surface area contributed by atoms with Crippen LogP contribution in [0.4, 0.5) is 13.2 Å². The van der Waals surface area contributed by atoms with Crippen LogP contribution < -0.4 is 4.74 Å². The van der Waals surface area contributed by atoms with Crippen LogP contribution in [-0.4, -0.2) is 19.8 Å². The van der Waals surface area contributed by atoms with E-state index in [0.29, 0.717) is 42.4 Å². The first-order valence-corrected chi connectivity index (χ1v) is 13.8. The Morgan fingerprint density at radius 1 is 0.737 bits per heavy atom. The van der Waals surface area contributed by atoms with Crippen LogP contribution in [0.15, 0.2) is 54.6 Å². The second-order valence-electron chi connectivity index (χ2n) is 9.97. The van der Waals surface area contributed by atoms with Crippen LogP contribution in [0.1, 0.15) is 70.6 Å². The fourth-order valence-electron chi connectivity index (χ4n) is 4.79. The Bertz CT molecular complexity index is 1170. The number of hydrogen-bond donors (Lipinski definition) is 0. The van der Waals surface area contributed by atoms with E-state index in [4.69, 9.17) is 14.2 Å². The highest BCUT2D eigenvalue weighted by Crippen LogP contribution is 2.34. The van der Waals surface area contributed by atoms with Crippen LogP contribution in [0.25, 0.3) is 22.3 Å². The molecule has 1 fully saturated rings. The van der Waals surface area contributed by atoms with Gasteiger partial charge in [-0.05, 0) is 47.7 Å². The number of benzene rings is 3. The minimum absolute atomic E-state index is 0.0688. The fraction of sp³-hybridized carbons (Fsp3) is 0.438. The van der Waals surface area contributed by atoms with Gasteiger partial charge >= 0.3 is 0 Å². The van der Waals surface area contributed by atoms with Crippen molar-refractivity contribution in [1.29, 1.82) is 0 Å². The van der Waals surface area contributed by atoms with Crippen molar-refractivity contribution in [3.8, 4) is 28.0 Å². The minimum atomic E-state index is -0.981. The van der Waals surface area contributed by atoms with Crippen molar-refractivity contribution in [2.45, 2.75) is 65.1 Å². The second-order valence-corrected chi connectivity index (χ2v) is 9.97. The maximum Gasteiger partial charge on any atom is 0.201 e. The highest BCUT2D eigenvalue weighted by molar-refractivity contribution is 5.71. The van der Waals surface area contributed by atoms with Gasteiger partial charge in [-0.15, -0.1) is 0 Å². The smallest absolute Gasteiger partial charge is 0.201 e. The molecule has 3 aromatic rings. The summed E-state index contributed by atoms with van der Waals surface area (Å²) in [5.74, 6) is -2.05. The third-order valence-corrected chi connectivity index (χ3v) is 7.00. The van der Waals surface area contributed by atoms with Crippen LogP contribution in [0, 0.1) is 23.4 Å². The molecule has 0 radical (unpaired) electrons. The summed E-state index contributed by atoms with van der Waals surface area (Å²) in [7, 11) is 0. The minimum Gasteiger partial charge on any atom is -0.490 e. The first-order valence-electron chi connectivity index (χ1n) is 13.8. The third kappa shape index (κ3) is 6.97. The molecular weight excluding hydrogens is 489 g/mol. The molecule has 3 aromatic carbocycles. The second kappa shape index (κ2) is 13.8. The summed E-state index contributed by atoms with van der Waals surface area (Å²) in [4.78, 5) is 0. The predicted molar refractivity (Wildman–Crippen MR) is 144 cm³/mol. The van der Waals surface area contributed by atoms with E-state index in [0.717, 1.165) is 44.1 Å². The molecule has 0 aromatic heterocycles. The van der Waals surface area contributed by atoms with Crippen molar-refractivity contribution in [3.63, 3.8) is 0 Å². The Hall–Kier alpha value is -2.83. The molecule has 38 heavy (non-hydrogen) atoms. The topological polar surface area (TPSA) is 27.7 Å². The molecule has 0 atom stereocenters. The molecule has 1 saturated heterocycles. The number of ether oxygens (including phenoxy) is 3. The van der Waals surface area contributed by atoms with Gasteiger partial charge in [-0.25, -0.2) is 8.78 Å². The zero-order valence-electron chi connectivity index (χ0n) is 22.3. The highest BCUT2D eigenvalue weighted by atomic mass is 19.2. The lowest BCUT2D eigenvalue weighted by atomic mass is 9.98. The summed E-state index contributed by atoms with van der Waals surface area (Å²) in [6.45, 7) is 5.75. The quantitative estimate of drug-likeness (QED) is 0.220. The van der Waals surface area contributed by atoms with Gasteiger partial charge < -0.3 is 14.2 Å². The third-order valence-electron chi connectivity index (χ3n) is 7.00. The standard InChI is InChI=1S/C32H37F3O3/c1-3-5-6-7-8-18-36-29-17-16-26(30(34)31(29)35)24-12-10-23(11-13-24)25-14-15-27(28(33)19-25)32-37-20-22(9-4-2)21-38-32/h10-17,19,22,32H,3-9,18,20-21H2,1-2H3. The molecule has 0 amide bonds. The van der Waals surface area contributed by atoms with E-state index in [-0.39, 0.29) is 11.3 Å². The summed E-state index contributed by atoms with van der Waals surface area (Å²) in [5, 5.41) is 0. The fourth-order valence-corrected chi connectivity index (χ4v) is 4.79. The molecule has 0 aliphatic carbocycles. The van der Waals surface area contributed by atoms with Crippen molar-refractivity contribution >= 4 is 0 Å². The van der Waals surface area contributed by atoms with Gasteiger partial charge in [0, 0.05) is 17.0 Å². The van der Waals surface area contributed by atoms with Crippen molar-refractivity contribution < 1.29 is 27.4 Å². The molecule has 0 saturated carbocycles. The summed E-state index contributed by atoms with van der Waals surface area (Å²) in [5.41, 5.74) is 2.49. The van der Waals surface area contributed by atoms with Gasteiger partial charge in [0.15, 0.2) is 17.9 Å². The monoisotopic (exact) mass is 526 g/mol. The normalized spacial score (nSPS) is 17.5. The molecule has 0 N–H and O–H groups in total. The average Bonchev–Trinajstić information content (AvgIpc) is 2.94. The van der Waals surface area contributed by atoms with Gasteiger partial charge in [0.05, 0.1) is 19.8 Å². The average molecular weight is 527 g/mol. The first-order chi connectivity index (χ1) is 18.5. The van der Waals surface area contributed by atoms with E-state index >= 15 is 0 Å². The van der Waals surface area contributed by atoms with E-state index < -0.39 is 23.7 Å². The Labute approximate surface area is 223 Å². The lowest BCUT2D eigenvalue weighted by Gasteiger charge is -2.29. The van der Waals surface area contributed by atoms with Gasteiger partial charge in [0.25, 0.3) is 0 Å². The molecule has 6 heteroatoms. The van der Waals surface area contributed by atoms with Crippen molar-refractivity contribution in [2.24, 2.45) is 5.92 Å². The highest BCUT2D eigenvalue weighted by Gasteiger charge is 2.25. The zero-order valence-corrected chi connectivity index (χ0v) is 22.3. The molecule has 4 rings (SSSR count). The zero-order chi connectivity index (χ0) is 26.9. The van der Waals surface area contributed by atoms with Crippen molar-refractivity contribution in [2.75, 3.05) is 19.8 Å². The number of unbranched alkanes of at least 4 members (excludes halogenated alkanes) is 4. The van der Waals surface area contributed by atoms with Crippen LogP contribution in [0.2, 0.25) is 0 Å². The molecule has 204 valence electrons. The lowest BCUT2D eigenvalue weighted by molar-refractivity contribution is -0.207. The van der Waals surface area contributed by atoms with Crippen molar-refractivity contribution in [1.82, 2.24) is 0 Å². The molecular formula is C32H37F3O3. The molecule has 1 heterocycles. The van der Waals surface area contributed by atoms with Gasteiger partial charge in [-0.2, -0.15) is 4.39 Å². The number of hydrogen-bond acceptors (Lipinski definition) is 3. The van der Waals surface area contributed by atoms with Crippen molar-refractivity contribution in [3.05, 3.63) is 77.6 Å². The SMILES string of the molecule is CCCCCCCOc1ccc(-c2ccc(-c3ccc(C4OCC(CCC)CO4)c(F)c3)cc2)c(F)c1F. The summed E-state index contributed by atoms with van der Waals surface area (Å²) in [6, 6.07) is 14.9. The number of halogens is 3. The molecule has 0 unspecified atom stereocenters. The lowest BCUT2D eigenvalue weighted by Crippen LogP contribution is -2.27. The van der Waals surface area contributed by atoms with E-state index in [2.05, 4.69) is 13.8 Å². The Morgan fingerprint density at radius 2 is 1.42 bits per heavy atom. The van der Waals surface area contributed by atoms with E-state index in [1.807, 2.05) is 6.07 Å². The van der Waals surface area contributed by atoms with Gasteiger partial charge in [0.1, 0.15) is 5.82 Å². The summed E-state index contributed by atoms with van der Waals surface area (Å²) < 4.78 is 61.4. The molecule has 0 spiro atoms. The Kier molecular flexibility index (Phi) is 10.2. The van der Waals surface area contributed by atoms with E-state index in [1.54, 1.807) is 30.3 Å². The maximum absolute atomic E-state index is 14.9. The number of rotatable bonds is 12. The maximum atomic E-state index is 14.9. The molecule has 1 aliphatic rings. The van der Waals surface area contributed by atoms with Crippen LogP contribution in [0.3, 0.4) is 0 Å². The van der Waals surface area contributed by atoms with Crippen LogP contribution >= 0.6 is 0 Å². The predicted octanol–water partition coefficient (Wildman–Crippen LogP) is 9.25. The Balaban J connectivity index is 1.40. The molecule has 1 aliphatic heterocycles. The van der Waals surface area contributed by atoms with E-state index in [1.165, 1.54) is 24.6 Å². The molecule has 0 bridgehead atoms.